The Kier molecular flexibility index (Phi) is 4.93. The fourth-order valence-electron chi connectivity index (χ4n) is 4.65. The van der Waals surface area contributed by atoms with Crippen LogP contribution >= 0.6 is 0 Å². The van der Waals surface area contributed by atoms with Gasteiger partial charge in [-0.1, -0.05) is 19.3 Å². The number of hydrogen-bond acceptors (Lipinski definition) is 3. The van der Waals surface area contributed by atoms with E-state index < -0.39 is 0 Å². The molecule has 1 spiro atoms. The van der Waals surface area contributed by atoms with Gasteiger partial charge in [0.05, 0.1) is 12.2 Å². The Labute approximate surface area is 133 Å². The summed E-state index contributed by atoms with van der Waals surface area (Å²) < 4.78 is 5.94. The average molecular weight is 310 g/mol. The second kappa shape index (κ2) is 6.75. The molecule has 22 heavy (non-hydrogen) atoms. The summed E-state index contributed by atoms with van der Waals surface area (Å²) in [6, 6.07) is 0.250. The topological polar surface area (TPSA) is 61.8 Å². The Morgan fingerprint density at radius 1 is 1.32 bits per heavy atom. The fraction of sp³-hybridized carbons (Fsp3) is 0.941. The first kappa shape index (κ1) is 16.1. The molecule has 2 amide bonds. The average Bonchev–Trinajstić information content (AvgIpc) is 2.54. The minimum atomic E-state index is -0.360. The second-order valence-corrected chi connectivity index (χ2v) is 7.22. The molecule has 1 aliphatic heterocycles. The summed E-state index contributed by atoms with van der Waals surface area (Å²) in [5.41, 5.74) is 0.165. The molecule has 3 aliphatic rings. The minimum Gasteiger partial charge on any atom is -0.391 e. The van der Waals surface area contributed by atoms with Gasteiger partial charge in [-0.15, -0.1) is 0 Å². The third kappa shape index (κ3) is 2.98. The SMILES string of the molecule is CCOC1CC(NC(=O)N2CCCC(O)C2)C12CCCCC2. The zero-order chi connectivity index (χ0) is 15.6. The van der Waals surface area contributed by atoms with E-state index >= 15 is 0 Å². The lowest BCUT2D eigenvalue weighted by molar-refractivity contribution is -0.147. The first-order valence-electron chi connectivity index (χ1n) is 9.01. The van der Waals surface area contributed by atoms with Crippen molar-refractivity contribution in [2.45, 2.75) is 76.5 Å². The van der Waals surface area contributed by atoms with E-state index in [4.69, 9.17) is 4.74 Å². The molecule has 3 unspecified atom stereocenters. The second-order valence-electron chi connectivity index (χ2n) is 7.22. The van der Waals surface area contributed by atoms with Crippen LogP contribution in [0.1, 0.15) is 58.3 Å². The van der Waals surface area contributed by atoms with Crippen molar-refractivity contribution in [2.75, 3.05) is 19.7 Å². The molecule has 2 aliphatic carbocycles. The molecule has 2 N–H and O–H groups in total. The Morgan fingerprint density at radius 2 is 2.09 bits per heavy atom. The van der Waals surface area contributed by atoms with Gasteiger partial charge in [-0.25, -0.2) is 4.79 Å². The summed E-state index contributed by atoms with van der Waals surface area (Å²) in [6.07, 6.45) is 8.74. The number of amides is 2. The molecule has 5 heteroatoms. The van der Waals surface area contributed by atoms with E-state index in [1.54, 1.807) is 4.90 Å². The summed E-state index contributed by atoms with van der Waals surface area (Å²) in [5.74, 6) is 0. The van der Waals surface area contributed by atoms with Crippen LogP contribution in [-0.4, -0.2) is 54.0 Å². The number of carbonyl (C=O) groups is 1. The molecule has 0 bridgehead atoms. The maximum Gasteiger partial charge on any atom is 0.317 e. The van der Waals surface area contributed by atoms with Crippen LogP contribution in [0.25, 0.3) is 0 Å². The van der Waals surface area contributed by atoms with E-state index in [-0.39, 0.29) is 23.6 Å². The summed E-state index contributed by atoms with van der Waals surface area (Å²) in [4.78, 5) is 14.3. The molecule has 1 heterocycles. The van der Waals surface area contributed by atoms with Gasteiger partial charge in [-0.2, -0.15) is 0 Å². The van der Waals surface area contributed by atoms with Gasteiger partial charge in [0.1, 0.15) is 0 Å². The van der Waals surface area contributed by atoms with E-state index in [0.29, 0.717) is 12.6 Å². The van der Waals surface area contributed by atoms with Crippen LogP contribution in [0, 0.1) is 5.41 Å². The Morgan fingerprint density at radius 3 is 2.77 bits per heavy atom. The van der Waals surface area contributed by atoms with Crippen molar-refractivity contribution in [1.29, 1.82) is 0 Å². The van der Waals surface area contributed by atoms with E-state index in [0.717, 1.165) is 32.4 Å². The van der Waals surface area contributed by atoms with Gasteiger partial charge in [-0.05, 0) is 39.0 Å². The molecule has 3 rings (SSSR count). The number of aliphatic hydroxyl groups excluding tert-OH is 1. The Balaban J connectivity index is 1.60. The van der Waals surface area contributed by atoms with Gasteiger partial charge in [0.2, 0.25) is 0 Å². The number of nitrogens with zero attached hydrogens (tertiary/aromatic N) is 1. The van der Waals surface area contributed by atoms with Crippen LogP contribution in [0.2, 0.25) is 0 Å². The first-order chi connectivity index (χ1) is 10.7. The zero-order valence-corrected chi connectivity index (χ0v) is 13.7. The van der Waals surface area contributed by atoms with Crippen LogP contribution in [0.3, 0.4) is 0 Å². The molecular weight excluding hydrogens is 280 g/mol. The van der Waals surface area contributed by atoms with Crippen LogP contribution in [0.15, 0.2) is 0 Å². The lowest BCUT2D eigenvalue weighted by Crippen LogP contribution is -2.67. The number of carbonyl (C=O) groups excluding carboxylic acids is 1. The number of rotatable bonds is 3. The molecule has 0 radical (unpaired) electrons. The molecule has 0 aromatic carbocycles. The van der Waals surface area contributed by atoms with E-state index in [1.165, 1.54) is 32.1 Å². The van der Waals surface area contributed by atoms with Crippen LogP contribution < -0.4 is 5.32 Å². The number of ether oxygens (including phenoxy) is 1. The number of aliphatic hydroxyl groups is 1. The highest BCUT2D eigenvalue weighted by Crippen LogP contribution is 2.53. The molecular formula is C17H30N2O3. The lowest BCUT2D eigenvalue weighted by atomic mass is 9.55. The number of β-amino-alcohol motifs (C(OH)–C–C–N with tert-alkyl or cyclic N) is 1. The van der Waals surface area contributed by atoms with Crippen molar-refractivity contribution in [2.24, 2.45) is 5.41 Å². The van der Waals surface area contributed by atoms with Crippen molar-refractivity contribution < 1.29 is 14.6 Å². The molecule has 126 valence electrons. The third-order valence-corrected chi connectivity index (χ3v) is 5.92. The summed E-state index contributed by atoms with van der Waals surface area (Å²) in [5, 5.41) is 13.0. The standard InChI is InChI=1S/C17H30N2O3/c1-2-22-15-11-14(17(15)8-4-3-5-9-17)18-16(21)19-10-6-7-13(20)12-19/h13-15,20H,2-12H2,1H3,(H,18,21). The van der Waals surface area contributed by atoms with Crippen molar-refractivity contribution >= 4 is 6.03 Å². The number of hydrogen-bond donors (Lipinski definition) is 2. The number of nitrogens with one attached hydrogen (secondary N) is 1. The van der Waals surface area contributed by atoms with Crippen molar-refractivity contribution in [3.63, 3.8) is 0 Å². The predicted octanol–water partition coefficient (Wildman–Crippen LogP) is 2.28. The van der Waals surface area contributed by atoms with Gasteiger partial charge in [0.15, 0.2) is 0 Å². The highest BCUT2D eigenvalue weighted by atomic mass is 16.5. The molecule has 1 saturated heterocycles. The van der Waals surface area contributed by atoms with Crippen molar-refractivity contribution in [1.82, 2.24) is 10.2 Å². The largest absolute Gasteiger partial charge is 0.391 e. The summed E-state index contributed by atoms with van der Waals surface area (Å²) in [7, 11) is 0. The van der Waals surface area contributed by atoms with E-state index in [9.17, 15) is 9.90 Å². The summed E-state index contributed by atoms with van der Waals surface area (Å²) >= 11 is 0. The number of urea groups is 1. The van der Waals surface area contributed by atoms with Gasteiger partial charge in [0, 0.05) is 31.2 Å². The lowest BCUT2D eigenvalue weighted by Gasteiger charge is -2.57. The predicted molar refractivity (Wildman–Crippen MR) is 84.7 cm³/mol. The van der Waals surface area contributed by atoms with Crippen molar-refractivity contribution in [3.8, 4) is 0 Å². The highest BCUT2D eigenvalue weighted by molar-refractivity contribution is 5.75. The number of likely N-dealkylation sites (tertiary alicyclic amines) is 1. The molecule has 2 saturated carbocycles. The highest BCUT2D eigenvalue weighted by Gasteiger charge is 2.56. The monoisotopic (exact) mass is 310 g/mol. The van der Waals surface area contributed by atoms with Crippen molar-refractivity contribution in [3.05, 3.63) is 0 Å². The first-order valence-corrected chi connectivity index (χ1v) is 9.01. The van der Waals surface area contributed by atoms with Crippen LogP contribution in [0.5, 0.6) is 0 Å². The number of piperidine rings is 1. The Hall–Kier alpha value is -0.810. The molecule has 0 aromatic rings. The van der Waals surface area contributed by atoms with Gasteiger partial charge >= 0.3 is 6.03 Å². The molecule has 5 nitrogen and oxygen atoms in total. The van der Waals surface area contributed by atoms with Gasteiger partial charge < -0.3 is 20.1 Å². The minimum absolute atomic E-state index is 0.00338. The van der Waals surface area contributed by atoms with Gasteiger partial charge in [-0.3, -0.25) is 0 Å². The van der Waals surface area contributed by atoms with Gasteiger partial charge in [0.25, 0.3) is 0 Å². The maximum absolute atomic E-state index is 12.5. The molecule has 0 aromatic heterocycles. The van der Waals surface area contributed by atoms with Crippen LogP contribution in [-0.2, 0) is 4.74 Å². The van der Waals surface area contributed by atoms with Crippen LogP contribution in [0.4, 0.5) is 4.79 Å². The maximum atomic E-state index is 12.5. The van der Waals surface area contributed by atoms with E-state index in [2.05, 4.69) is 12.2 Å². The normalized spacial score (nSPS) is 34.3. The Bertz CT molecular complexity index is 395. The summed E-state index contributed by atoms with van der Waals surface area (Å²) in [6.45, 7) is 4.04. The molecule has 3 atom stereocenters. The third-order valence-electron chi connectivity index (χ3n) is 5.92. The smallest absolute Gasteiger partial charge is 0.317 e. The quantitative estimate of drug-likeness (QED) is 0.840. The fourth-order valence-corrected chi connectivity index (χ4v) is 4.65. The zero-order valence-electron chi connectivity index (χ0n) is 13.7. The van der Waals surface area contributed by atoms with E-state index in [1.807, 2.05) is 0 Å². The molecule has 3 fully saturated rings.